The van der Waals surface area contributed by atoms with Crippen LogP contribution in [-0.4, -0.2) is 76.5 Å². The number of methoxy groups -OCH3 is 3. The van der Waals surface area contributed by atoms with E-state index in [0.717, 1.165) is 55.0 Å². The van der Waals surface area contributed by atoms with Crippen LogP contribution in [0.5, 0.6) is 17.2 Å². The maximum Gasteiger partial charge on any atom is 0.260 e. The number of thiazole rings is 1. The summed E-state index contributed by atoms with van der Waals surface area (Å²) in [5.41, 5.74) is 2.51. The van der Waals surface area contributed by atoms with Crippen molar-refractivity contribution in [1.29, 1.82) is 0 Å². The Morgan fingerprint density at radius 2 is 1.77 bits per heavy atom. The van der Waals surface area contributed by atoms with Crippen molar-refractivity contribution in [2.45, 2.75) is 13.3 Å². The van der Waals surface area contributed by atoms with E-state index in [1.165, 1.54) is 11.3 Å². The van der Waals surface area contributed by atoms with E-state index < -0.39 is 0 Å². The van der Waals surface area contributed by atoms with E-state index in [1.807, 2.05) is 12.1 Å². The highest BCUT2D eigenvalue weighted by atomic mass is 35.5. The van der Waals surface area contributed by atoms with E-state index in [0.29, 0.717) is 34.5 Å². The van der Waals surface area contributed by atoms with Crippen LogP contribution in [0, 0.1) is 6.92 Å². The van der Waals surface area contributed by atoms with Crippen LogP contribution < -0.4 is 19.1 Å². The lowest BCUT2D eigenvalue weighted by atomic mass is 10.1. The number of benzene rings is 2. The smallest absolute Gasteiger partial charge is 0.260 e. The highest BCUT2D eigenvalue weighted by molar-refractivity contribution is 7.22. The third kappa shape index (κ3) is 6.16. The molecular formula is C25H32ClN3O5S. The highest BCUT2D eigenvalue weighted by Gasteiger charge is 2.25. The van der Waals surface area contributed by atoms with Gasteiger partial charge in [-0.05, 0) is 43.2 Å². The number of anilines is 1. The van der Waals surface area contributed by atoms with Crippen molar-refractivity contribution in [3.05, 3.63) is 41.5 Å². The molecule has 1 aromatic heterocycles. The fourth-order valence-electron chi connectivity index (χ4n) is 4.06. The number of ether oxygens (including phenoxy) is 4. The molecular weight excluding hydrogens is 490 g/mol. The van der Waals surface area contributed by atoms with Gasteiger partial charge < -0.3 is 18.9 Å². The molecule has 1 amide bonds. The van der Waals surface area contributed by atoms with Gasteiger partial charge in [-0.15, -0.1) is 12.4 Å². The van der Waals surface area contributed by atoms with Crippen LogP contribution in [0.1, 0.15) is 22.3 Å². The molecule has 0 N–H and O–H groups in total. The number of nitrogens with zero attached hydrogens (tertiary/aromatic N) is 3. The number of aromatic nitrogens is 1. The van der Waals surface area contributed by atoms with Crippen molar-refractivity contribution in [3.63, 3.8) is 0 Å². The van der Waals surface area contributed by atoms with Gasteiger partial charge in [0.05, 0.1) is 44.8 Å². The van der Waals surface area contributed by atoms with E-state index in [9.17, 15) is 4.79 Å². The second-order valence-electron chi connectivity index (χ2n) is 8.15. The number of amides is 1. The first-order valence-corrected chi connectivity index (χ1v) is 12.1. The third-order valence-corrected chi connectivity index (χ3v) is 6.92. The summed E-state index contributed by atoms with van der Waals surface area (Å²) < 4.78 is 22.9. The molecule has 0 spiro atoms. The van der Waals surface area contributed by atoms with Crippen LogP contribution in [0.4, 0.5) is 5.13 Å². The Morgan fingerprint density at radius 1 is 1.09 bits per heavy atom. The first kappa shape index (κ1) is 27.0. The Morgan fingerprint density at radius 3 is 2.40 bits per heavy atom. The molecule has 2 aromatic carbocycles. The minimum absolute atomic E-state index is 0. The third-order valence-electron chi connectivity index (χ3n) is 5.88. The number of carbonyl (C=O) groups excluding carboxylic acids is 1. The summed E-state index contributed by atoms with van der Waals surface area (Å²) in [6.07, 6.45) is 0.825. The predicted molar refractivity (Wildman–Crippen MR) is 141 cm³/mol. The number of fused-ring (bicyclic) bond motifs is 1. The van der Waals surface area contributed by atoms with Gasteiger partial charge in [0.15, 0.2) is 16.6 Å². The van der Waals surface area contributed by atoms with Gasteiger partial charge in [0.2, 0.25) is 5.75 Å². The van der Waals surface area contributed by atoms with E-state index in [4.69, 9.17) is 23.9 Å². The lowest BCUT2D eigenvalue weighted by molar-refractivity contribution is 0.0376. The molecule has 10 heteroatoms. The fraction of sp³-hybridized carbons (Fsp3) is 0.440. The number of aryl methyl sites for hydroxylation is 1. The van der Waals surface area contributed by atoms with Gasteiger partial charge in [0.25, 0.3) is 5.91 Å². The molecule has 1 saturated heterocycles. The Labute approximate surface area is 216 Å². The molecule has 0 atom stereocenters. The molecule has 0 saturated carbocycles. The molecule has 3 aromatic rings. The minimum Gasteiger partial charge on any atom is -0.493 e. The first-order chi connectivity index (χ1) is 16.5. The molecule has 2 heterocycles. The average Bonchev–Trinajstić information content (AvgIpc) is 3.28. The molecule has 1 aliphatic rings. The van der Waals surface area contributed by atoms with E-state index in [2.05, 4.69) is 17.9 Å². The predicted octanol–water partition coefficient (Wildman–Crippen LogP) is 4.42. The molecule has 1 fully saturated rings. The van der Waals surface area contributed by atoms with Crippen molar-refractivity contribution in [3.8, 4) is 17.2 Å². The highest BCUT2D eigenvalue weighted by Crippen LogP contribution is 2.39. The largest absolute Gasteiger partial charge is 0.493 e. The van der Waals surface area contributed by atoms with Gasteiger partial charge in [0.1, 0.15) is 0 Å². The Hall–Kier alpha value is -2.59. The number of morpholine rings is 1. The number of hydrogen-bond donors (Lipinski definition) is 0. The van der Waals surface area contributed by atoms with Gasteiger partial charge in [0, 0.05) is 31.7 Å². The lowest BCUT2D eigenvalue weighted by Gasteiger charge is -2.28. The summed E-state index contributed by atoms with van der Waals surface area (Å²) in [7, 11) is 4.63. The van der Waals surface area contributed by atoms with E-state index >= 15 is 0 Å². The first-order valence-electron chi connectivity index (χ1n) is 11.3. The molecule has 0 unspecified atom stereocenters. The zero-order valence-electron chi connectivity index (χ0n) is 20.5. The van der Waals surface area contributed by atoms with Crippen LogP contribution in [-0.2, 0) is 4.74 Å². The Balaban J connectivity index is 0.00000342. The van der Waals surface area contributed by atoms with Crippen LogP contribution in [0.15, 0.2) is 30.3 Å². The SMILES string of the molecule is COc1cc(C(=O)N(CCCN2CCOCC2)c2nc3ccc(C)cc3s2)cc(OC)c1OC.Cl. The second-order valence-corrected chi connectivity index (χ2v) is 9.16. The topological polar surface area (TPSA) is 73.4 Å². The van der Waals surface area contributed by atoms with Crippen LogP contribution in [0.25, 0.3) is 10.2 Å². The Kier molecular flexibility index (Phi) is 9.56. The molecule has 4 rings (SSSR count). The zero-order valence-corrected chi connectivity index (χ0v) is 22.2. The van der Waals surface area contributed by atoms with Crippen molar-refractivity contribution >= 4 is 45.0 Å². The summed E-state index contributed by atoms with van der Waals surface area (Å²) >= 11 is 1.53. The molecule has 1 aliphatic heterocycles. The maximum absolute atomic E-state index is 13.8. The number of rotatable bonds is 9. The molecule has 0 bridgehead atoms. The van der Waals surface area contributed by atoms with Gasteiger partial charge in [-0.2, -0.15) is 0 Å². The summed E-state index contributed by atoms with van der Waals surface area (Å²) in [6, 6.07) is 9.52. The van der Waals surface area contributed by atoms with Crippen molar-refractivity contribution in [2.24, 2.45) is 0 Å². The van der Waals surface area contributed by atoms with Crippen molar-refractivity contribution in [2.75, 3.05) is 65.6 Å². The lowest BCUT2D eigenvalue weighted by Crippen LogP contribution is -2.39. The van der Waals surface area contributed by atoms with Gasteiger partial charge in [-0.3, -0.25) is 14.6 Å². The van der Waals surface area contributed by atoms with Crippen LogP contribution in [0.2, 0.25) is 0 Å². The van der Waals surface area contributed by atoms with Crippen LogP contribution in [0.3, 0.4) is 0 Å². The standard InChI is InChI=1S/C25H31N3O5S.ClH/c1-17-6-7-19-22(14-17)34-25(26-19)28(9-5-8-27-10-12-33-13-11-27)24(29)18-15-20(30-2)23(32-4)21(16-18)31-3;/h6-7,14-16H,5,8-13H2,1-4H3;1H. The normalized spacial score (nSPS) is 13.8. The molecule has 0 radical (unpaired) electrons. The Bertz CT molecular complexity index is 1120. The number of hydrogen-bond acceptors (Lipinski definition) is 8. The average molecular weight is 522 g/mol. The molecule has 0 aliphatic carbocycles. The monoisotopic (exact) mass is 521 g/mol. The summed E-state index contributed by atoms with van der Waals surface area (Å²) in [4.78, 5) is 22.7. The second kappa shape index (κ2) is 12.4. The quantitative estimate of drug-likeness (QED) is 0.412. The van der Waals surface area contributed by atoms with E-state index in [1.54, 1.807) is 38.4 Å². The summed E-state index contributed by atoms with van der Waals surface area (Å²) in [6.45, 7) is 6.84. The molecule has 35 heavy (non-hydrogen) atoms. The molecule has 8 nitrogen and oxygen atoms in total. The summed E-state index contributed by atoms with van der Waals surface area (Å²) in [5.74, 6) is 1.18. The number of halogens is 1. The minimum atomic E-state index is -0.156. The fourth-order valence-corrected chi connectivity index (χ4v) is 5.14. The van der Waals surface area contributed by atoms with E-state index in [-0.39, 0.29) is 18.3 Å². The molecule has 190 valence electrons. The van der Waals surface area contributed by atoms with Crippen molar-refractivity contribution < 1.29 is 23.7 Å². The van der Waals surface area contributed by atoms with Gasteiger partial charge >= 0.3 is 0 Å². The number of carbonyl (C=O) groups is 1. The van der Waals surface area contributed by atoms with Crippen molar-refractivity contribution in [1.82, 2.24) is 9.88 Å². The van der Waals surface area contributed by atoms with Gasteiger partial charge in [-0.1, -0.05) is 17.4 Å². The van der Waals surface area contributed by atoms with Gasteiger partial charge in [-0.25, -0.2) is 4.98 Å². The van der Waals surface area contributed by atoms with Crippen LogP contribution >= 0.6 is 23.7 Å². The summed E-state index contributed by atoms with van der Waals surface area (Å²) in [5, 5.41) is 0.682. The zero-order chi connectivity index (χ0) is 24.1. The maximum atomic E-state index is 13.8.